The first kappa shape index (κ1) is 16.4. The van der Waals surface area contributed by atoms with E-state index < -0.39 is 0 Å². The number of amides is 1. The van der Waals surface area contributed by atoms with Crippen molar-refractivity contribution < 1.29 is 9.52 Å². The van der Waals surface area contributed by atoms with Crippen molar-refractivity contribution >= 4 is 17.7 Å². The quantitative estimate of drug-likeness (QED) is 0.524. The smallest absolute Gasteiger partial charge is 0.251 e. The minimum absolute atomic E-state index is 0.0532. The first-order chi connectivity index (χ1) is 10.5. The van der Waals surface area contributed by atoms with Crippen molar-refractivity contribution in [2.24, 2.45) is 0 Å². The highest BCUT2D eigenvalue weighted by Crippen LogP contribution is 2.17. The molecule has 2 aromatic rings. The predicted octanol–water partition coefficient (Wildman–Crippen LogP) is 2.91. The van der Waals surface area contributed by atoms with Gasteiger partial charge in [0.05, 0.1) is 11.8 Å². The van der Waals surface area contributed by atoms with E-state index in [4.69, 9.17) is 0 Å². The van der Waals surface area contributed by atoms with Crippen LogP contribution in [0.2, 0.25) is 0 Å². The molecule has 1 amide bonds. The van der Waals surface area contributed by atoms with Gasteiger partial charge in [0.15, 0.2) is 6.20 Å². The molecule has 22 heavy (non-hydrogen) atoms. The number of nitrogens with one attached hydrogen (secondary N) is 1. The Kier molecular flexibility index (Phi) is 5.44. The molecule has 0 fully saturated rings. The Bertz CT molecular complexity index is 673. The molecule has 116 valence electrons. The molecule has 5 heteroatoms. The van der Waals surface area contributed by atoms with Crippen LogP contribution in [0.4, 0.5) is 0 Å². The van der Waals surface area contributed by atoms with Crippen molar-refractivity contribution in [3.05, 3.63) is 64.5 Å². The van der Waals surface area contributed by atoms with Gasteiger partial charge in [0.25, 0.3) is 5.03 Å². The summed E-state index contributed by atoms with van der Waals surface area (Å²) in [7, 11) is 0. The van der Waals surface area contributed by atoms with Crippen LogP contribution in [0, 0.1) is 19.1 Å². The fourth-order valence-corrected chi connectivity index (χ4v) is 2.79. The molecule has 1 aromatic carbocycles. The first-order valence-corrected chi connectivity index (χ1v) is 8.13. The summed E-state index contributed by atoms with van der Waals surface area (Å²) in [4.78, 5) is 12.0. The zero-order valence-corrected chi connectivity index (χ0v) is 13.8. The van der Waals surface area contributed by atoms with Crippen molar-refractivity contribution in [2.45, 2.75) is 31.8 Å². The summed E-state index contributed by atoms with van der Waals surface area (Å²) in [6.45, 7) is 6.09. The maximum absolute atomic E-state index is 12.0. The molecule has 1 atom stereocenters. The maximum atomic E-state index is 12.0. The van der Waals surface area contributed by atoms with Crippen LogP contribution in [-0.4, -0.2) is 11.7 Å². The molecule has 0 aliphatic heterocycles. The van der Waals surface area contributed by atoms with Gasteiger partial charge in [-0.25, -0.2) is 0 Å². The minimum atomic E-state index is -0.0837. The lowest BCUT2D eigenvalue weighted by Gasteiger charge is -2.15. The monoisotopic (exact) mass is 316 g/mol. The molecule has 1 N–H and O–H groups in total. The van der Waals surface area contributed by atoms with Crippen molar-refractivity contribution in [1.82, 2.24) is 5.32 Å². The molecule has 0 saturated carbocycles. The summed E-state index contributed by atoms with van der Waals surface area (Å²) in [5.41, 5.74) is 3.53. The van der Waals surface area contributed by atoms with Gasteiger partial charge in [-0.05, 0) is 55.3 Å². The highest BCUT2D eigenvalue weighted by molar-refractivity contribution is 7.99. The fourth-order valence-electron chi connectivity index (χ4n) is 2.06. The summed E-state index contributed by atoms with van der Waals surface area (Å²) in [5.74, 6) is 0.140. The molecule has 0 aliphatic rings. The van der Waals surface area contributed by atoms with Crippen molar-refractivity contribution in [3.63, 3.8) is 0 Å². The number of rotatable bonds is 5. The second kappa shape index (κ2) is 7.31. The summed E-state index contributed by atoms with van der Waals surface area (Å²) >= 11 is 1.24. The highest BCUT2D eigenvalue weighted by Gasteiger charge is 2.13. The van der Waals surface area contributed by atoms with E-state index in [9.17, 15) is 10.0 Å². The Labute approximate surface area is 135 Å². The topological polar surface area (TPSA) is 56.0 Å². The SMILES string of the molecule is Cc1ccc([C@H](C)NC(=O)CSc2cccc[n+]2[O-])cc1C. The number of nitrogens with zero attached hydrogens (tertiary/aromatic N) is 1. The second-order valence-corrected chi connectivity index (χ2v) is 6.28. The first-order valence-electron chi connectivity index (χ1n) is 7.15. The third kappa shape index (κ3) is 4.24. The zero-order chi connectivity index (χ0) is 16.1. The normalized spacial score (nSPS) is 12.0. The third-order valence-corrected chi connectivity index (χ3v) is 4.57. The molecular weight excluding hydrogens is 296 g/mol. The predicted molar refractivity (Wildman–Crippen MR) is 88.6 cm³/mol. The maximum Gasteiger partial charge on any atom is 0.251 e. The summed E-state index contributed by atoms with van der Waals surface area (Å²) in [6, 6.07) is 11.3. The molecule has 0 bridgehead atoms. The molecule has 0 spiro atoms. The van der Waals surface area contributed by atoms with Gasteiger partial charge in [-0.15, -0.1) is 0 Å². The van der Waals surface area contributed by atoms with Gasteiger partial charge in [0, 0.05) is 12.1 Å². The van der Waals surface area contributed by atoms with Gasteiger partial charge in [0.1, 0.15) is 0 Å². The highest BCUT2D eigenvalue weighted by atomic mass is 32.2. The Hall–Kier alpha value is -2.01. The van der Waals surface area contributed by atoms with Crippen LogP contribution in [0.25, 0.3) is 0 Å². The van der Waals surface area contributed by atoms with Crippen LogP contribution >= 0.6 is 11.8 Å². The van der Waals surface area contributed by atoms with Crippen LogP contribution in [0.3, 0.4) is 0 Å². The summed E-state index contributed by atoms with van der Waals surface area (Å²) in [6.07, 6.45) is 1.43. The van der Waals surface area contributed by atoms with E-state index in [0.29, 0.717) is 5.03 Å². The largest absolute Gasteiger partial charge is 0.618 e. The lowest BCUT2D eigenvalue weighted by Crippen LogP contribution is -2.31. The summed E-state index contributed by atoms with van der Waals surface area (Å²) < 4.78 is 0.769. The van der Waals surface area contributed by atoms with Gasteiger partial charge >= 0.3 is 0 Å². The molecular formula is C17H20N2O2S. The number of thioether (sulfide) groups is 1. The number of benzene rings is 1. The Morgan fingerprint density at radius 3 is 2.73 bits per heavy atom. The molecule has 4 nitrogen and oxygen atoms in total. The fraction of sp³-hybridized carbons (Fsp3) is 0.294. The third-order valence-electron chi connectivity index (χ3n) is 3.55. The lowest BCUT2D eigenvalue weighted by molar-refractivity contribution is -0.645. The van der Waals surface area contributed by atoms with E-state index in [1.54, 1.807) is 18.2 Å². The number of carbonyl (C=O) groups excluding carboxylic acids is 1. The molecule has 0 unspecified atom stereocenters. The molecule has 2 rings (SSSR count). The molecule has 0 aliphatic carbocycles. The van der Waals surface area contributed by atoms with E-state index in [-0.39, 0.29) is 17.7 Å². The summed E-state index contributed by atoms with van der Waals surface area (Å²) in [5, 5.41) is 15.0. The van der Waals surface area contributed by atoms with Crippen molar-refractivity contribution in [1.29, 1.82) is 0 Å². The Morgan fingerprint density at radius 1 is 1.27 bits per heavy atom. The van der Waals surface area contributed by atoms with Crippen LogP contribution in [0.1, 0.15) is 29.7 Å². The minimum Gasteiger partial charge on any atom is -0.618 e. The number of hydrogen-bond donors (Lipinski definition) is 1. The van der Waals surface area contributed by atoms with Crippen LogP contribution in [0.15, 0.2) is 47.6 Å². The number of pyridine rings is 1. The Morgan fingerprint density at radius 2 is 2.05 bits per heavy atom. The lowest BCUT2D eigenvalue weighted by atomic mass is 10.0. The van der Waals surface area contributed by atoms with E-state index >= 15 is 0 Å². The van der Waals surface area contributed by atoms with Gasteiger partial charge in [-0.1, -0.05) is 18.2 Å². The number of aromatic nitrogens is 1. The average molecular weight is 316 g/mol. The standard InChI is InChI=1S/C17H20N2O2S/c1-12-7-8-15(10-13(12)2)14(3)18-16(20)11-22-17-6-4-5-9-19(17)21/h4-10,14H,11H2,1-3H3,(H,18,20)/t14-/m0/s1. The Balaban J connectivity index is 1.91. The van der Waals surface area contributed by atoms with Gasteiger partial charge in [-0.2, -0.15) is 4.73 Å². The average Bonchev–Trinajstić information content (AvgIpc) is 2.49. The van der Waals surface area contributed by atoms with E-state index in [1.165, 1.54) is 29.1 Å². The van der Waals surface area contributed by atoms with Crippen LogP contribution in [-0.2, 0) is 4.79 Å². The molecule has 0 radical (unpaired) electrons. The van der Waals surface area contributed by atoms with Crippen LogP contribution in [0.5, 0.6) is 0 Å². The van der Waals surface area contributed by atoms with Gasteiger partial charge in [-0.3, -0.25) is 4.79 Å². The van der Waals surface area contributed by atoms with E-state index in [1.807, 2.05) is 13.0 Å². The van der Waals surface area contributed by atoms with Crippen LogP contribution < -0.4 is 10.0 Å². The van der Waals surface area contributed by atoms with Gasteiger partial charge < -0.3 is 10.5 Å². The zero-order valence-electron chi connectivity index (χ0n) is 13.0. The van der Waals surface area contributed by atoms with Crippen molar-refractivity contribution in [2.75, 3.05) is 5.75 Å². The van der Waals surface area contributed by atoms with Crippen molar-refractivity contribution in [3.8, 4) is 0 Å². The molecule has 1 heterocycles. The van der Waals surface area contributed by atoms with E-state index in [2.05, 4.69) is 31.3 Å². The molecule has 0 saturated heterocycles. The molecule has 1 aromatic heterocycles. The number of hydrogen-bond acceptors (Lipinski definition) is 3. The van der Waals surface area contributed by atoms with E-state index in [0.717, 1.165) is 10.3 Å². The number of aryl methyl sites for hydroxylation is 2. The number of carbonyl (C=O) groups is 1. The van der Waals surface area contributed by atoms with Gasteiger partial charge in [0.2, 0.25) is 5.91 Å². The second-order valence-electron chi connectivity index (χ2n) is 5.29.